The molecule has 3 heteroatoms. The lowest BCUT2D eigenvalue weighted by Crippen LogP contribution is -2.46. The molecule has 3 unspecified atom stereocenters. The van der Waals surface area contributed by atoms with Crippen LogP contribution in [0.1, 0.15) is 39.0 Å². The van der Waals surface area contributed by atoms with E-state index in [2.05, 4.69) is 18.0 Å². The molecule has 1 aliphatic carbocycles. The van der Waals surface area contributed by atoms with E-state index in [0.717, 1.165) is 13.0 Å². The zero-order valence-corrected chi connectivity index (χ0v) is 9.95. The lowest BCUT2D eigenvalue weighted by molar-refractivity contribution is 0.189. The van der Waals surface area contributed by atoms with Crippen molar-refractivity contribution in [2.24, 2.45) is 11.7 Å². The molecule has 0 aromatic rings. The Balaban J connectivity index is 2.48. The van der Waals surface area contributed by atoms with E-state index < -0.39 is 0 Å². The van der Waals surface area contributed by atoms with E-state index in [-0.39, 0.29) is 5.92 Å². The van der Waals surface area contributed by atoms with Gasteiger partial charge in [-0.25, -0.2) is 0 Å². The second-order valence-electron chi connectivity index (χ2n) is 4.84. The Morgan fingerprint density at radius 1 is 1.40 bits per heavy atom. The maximum absolute atomic E-state index is 8.80. The van der Waals surface area contributed by atoms with Gasteiger partial charge in [-0.15, -0.1) is 0 Å². The molecule has 1 aliphatic rings. The number of hydrogen-bond donors (Lipinski definition) is 1. The monoisotopic (exact) mass is 209 g/mol. The molecule has 15 heavy (non-hydrogen) atoms. The molecule has 0 spiro atoms. The van der Waals surface area contributed by atoms with Gasteiger partial charge in [0.15, 0.2) is 0 Å². The quantitative estimate of drug-likeness (QED) is 0.720. The van der Waals surface area contributed by atoms with Crippen LogP contribution in [0.25, 0.3) is 0 Å². The van der Waals surface area contributed by atoms with E-state index in [1.807, 2.05) is 6.92 Å². The zero-order chi connectivity index (χ0) is 11.3. The Labute approximate surface area is 93.2 Å². The van der Waals surface area contributed by atoms with Crippen molar-refractivity contribution in [1.82, 2.24) is 4.90 Å². The Morgan fingerprint density at radius 2 is 2.07 bits per heavy atom. The van der Waals surface area contributed by atoms with Crippen LogP contribution >= 0.6 is 0 Å². The van der Waals surface area contributed by atoms with Crippen molar-refractivity contribution in [2.45, 2.75) is 51.1 Å². The van der Waals surface area contributed by atoms with Crippen LogP contribution in [-0.4, -0.2) is 30.6 Å². The summed E-state index contributed by atoms with van der Waals surface area (Å²) in [6.45, 7) is 2.81. The summed E-state index contributed by atoms with van der Waals surface area (Å²) in [5.41, 5.74) is 6.17. The van der Waals surface area contributed by atoms with Crippen molar-refractivity contribution in [3.63, 3.8) is 0 Å². The van der Waals surface area contributed by atoms with Crippen LogP contribution in [0.4, 0.5) is 0 Å². The highest BCUT2D eigenvalue weighted by Crippen LogP contribution is 2.20. The summed E-state index contributed by atoms with van der Waals surface area (Å²) in [4.78, 5) is 2.28. The molecule has 1 fully saturated rings. The van der Waals surface area contributed by atoms with Crippen LogP contribution in [0.3, 0.4) is 0 Å². The number of likely N-dealkylation sites (N-methyl/N-ethyl adjacent to an activating group) is 1. The van der Waals surface area contributed by atoms with Crippen molar-refractivity contribution >= 4 is 0 Å². The van der Waals surface area contributed by atoms with Crippen molar-refractivity contribution in [3.05, 3.63) is 0 Å². The third-order valence-corrected chi connectivity index (χ3v) is 3.38. The first-order chi connectivity index (χ1) is 7.15. The van der Waals surface area contributed by atoms with Gasteiger partial charge >= 0.3 is 0 Å². The molecule has 0 amide bonds. The van der Waals surface area contributed by atoms with Gasteiger partial charge in [0.1, 0.15) is 0 Å². The normalized spacial score (nSPS) is 29.5. The summed E-state index contributed by atoms with van der Waals surface area (Å²) >= 11 is 0. The number of nitriles is 1. The summed E-state index contributed by atoms with van der Waals surface area (Å²) in [5, 5.41) is 8.80. The average Bonchev–Trinajstić information content (AvgIpc) is 2.42. The largest absolute Gasteiger partial charge is 0.326 e. The van der Waals surface area contributed by atoms with Gasteiger partial charge in [-0.2, -0.15) is 5.26 Å². The first-order valence-corrected chi connectivity index (χ1v) is 6.00. The second-order valence-corrected chi connectivity index (χ2v) is 4.84. The van der Waals surface area contributed by atoms with Crippen LogP contribution in [-0.2, 0) is 0 Å². The molecule has 0 saturated heterocycles. The van der Waals surface area contributed by atoms with Gasteiger partial charge in [-0.3, -0.25) is 0 Å². The maximum Gasteiger partial charge on any atom is 0.0666 e. The van der Waals surface area contributed by atoms with Crippen molar-refractivity contribution in [3.8, 4) is 6.07 Å². The zero-order valence-electron chi connectivity index (χ0n) is 9.95. The SMILES string of the molecule is CC(C#N)CN(C)C1CCCCCC1N. The van der Waals surface area contributed by atoms with Gasteiger partial charge in [0, 0.05) is 18.6 Å². The highest BCUT2D eigenvalue weighted by Gasteiger charge is 2.24. The first kappa shape index (κ1) is 12.5. The third kappa shape index (κ3) is 3.81. The molecule has 2 N–H and O–H groups in total. The number of nitrogens with two attached hydrogens (primary N) is 1. The Hall–Kier alpha value is -0.590. The van der Waals surface area contributed by atoms with E-state index >= 15 is 0 Å². The molecule has 0 aromatic carbocycles. The molecule has 1 saturated carbocycles. The minimum atomic E-state index is 0.102. The van der Waals surface area contributed by atoms with Gasteiger partial charge in [0.25, 0.3) is 0 Å². The average molecular weight is 209 g/mol. The molecular formula is C12H23N3. The summed E-state index contributed by atoms with van der Waals surface area (Å²) in [7, 11) is 2.10. The smallest absolute Gasteiger partial charge is 0.0666 e. The minimum Gasteiger partial charge on any atom is -0.326 e. The van der Waals surface area contributed by atoms with Crippen molar-refractivity contribution in [2.75, 3.05) is 13.6 Å². The van der Waals surface area contributed by atoms with E-state index in [0.29, 0.717) is 12.1 Å². The lowest BCUT2D eigenvalue weighted by atomic mass is 10.0. The standard InChI is InChI=1S/C12H23N3/c1-10(8-13)9-15(2)12-7-5-3-4-6-11(12)14/h10-12H,3-7,9,14H2,1-2H3. The van der Waals surface area contributed by atoms with Gasteiger partial charge < -0.3 is 10.6 Å². The van der Waals surface area contributed by atoms with E-state index in [9.17, 15) is 0 Å². The predicted molar refractivity (Wildman–Crippen MR) is 62.3 cm³/mol. The summed E-state index contributed by atoms with van der Waals surface area (Å²) in [6.07, 6.45) is 6.18. The fourth-order valence-electron chi connectivity index (χ4n) is 2.47. The summed E-state index contributed by atoms with van der Waals surface area (Å²) < 4.78 is 0. The maximum atomic E-state index is 8.80. The molecule has 0 heterocycles. The van der Waals surface area contributed by atoms with Crippen molar-refractivity contribution in [1.29, 1.82) is 5.26 Å². The Morgan fingerprint density at radius 3 is 2.73 bits per heavy atom. The molecule has 0 aliphatic heterocycles. The molecule has 3 nitrogen and oxygen atoms in total. The molecule has 3 atom stereocenters. The van der Waals surface area contributed by atoms with Crippen LogP contribution in [0, 0.1) is 17.2 Å². The van der Waals surface area contributed by atoms with Crippen LogP contribution in [0.2, 0.25) is 0 Å². The first-order valence-electron chi connectivity index (χ1n) is 6.00. The summed E-state index contributed by atoms with van der Waals surface area (Å²) in [5.74, 6) is 0.102. The summed E-state index contributed by atoms with van der Waals surface area (Å²) in [6, 6.07) is 3.05. The highest BCUT2D eigenvalue weighted by atomic mass is 15.1. The molecule has 86 valence electrons. The van der Waals surface area contributed by atoms with Gasteiger partial charge in [-0.1, -0.05) is 19.3 Å². The van der Waals surface area contributed by atoms with E-state index in [1.54, 1.807) is 0 Å². The lowest BCUT2D eigenvalue weighted by Gasteiger charge is -2.32. The molecular weight excluding hydrogens is 186 g/mol. The van der Waals surface area contributed by atoms with Gasteiger partial charge in [-0.05, 0) is 26.8 Å². The molecule has 0 aromatic heterocycles. The number of nitrogens with zero attached hydrogens (tertiary/aromatic N) is 2. The van der Waals surface area contributed by atoms with Crippen LogP contribution in [0.5, 0.6) is 0 Å². The van der Waals surface area contributed by atoms with E-state index in [4.69, 9.17) is 11.0 Å². The fourth-order valence-corrected chi connectivity index (χ4v) is 2.47. The van der Waals surface area contributed by atoms with E-state index in [1.165, 1.54) is 25.7 Å². The molecule has 0 bridgehead atoms. The Kier molecular flexibility index (Phi) is 5.07. The number of rotatable bonds is 3. The highest BCUT2D eigenvalue weighted by molar-refractivity contribution is 4.87. The third-order valence-electron chi connectivity index (χ3n) is 3.38. The predicted octanol–water partition coefficient (Wildman–Crippen LogP) is 1.74. The fraction of sp³-hybridized carbons (Fsp3) is 0.917. The van der Waals surface area contributed by atoms with Gasteiger partial charge in [0.2, 0.25) is 0 Å². The topological polar surface area (TPSA) is 53.0 Å². The van der Waals surface area contributed by atoms with Crippen LogP contribution in [0.15, 0.2) is 0 Å². The minimum absolute atomic E-state index is 0.102. The Bertz CT molecular complexity index is 221. The number of hydrogen-bond acceptors (Lipinski definition) is 3. The van der Waals surface area contributed by atoms with Crippen LogP contribution < -0.4 is 5.73 Å². The second kappa shape index (κ2) is 6.09. The van der Waals surface area contributed by atoms with Gasteiger partial charge in [0.05, 0.1) is 12.0 Å². The molecule has 1 rings (SSSR count). The van der Waals surface area contributed by atoms with Crippen molar-refractivity contribution < 1.29 is 0 Å². The molecule has 0 radical (unpaired) electrons.